The maximum absolute atomic E-state index is 11.0. The van der Waals surface area contributed by atoms with Crippen LogP contribution < -0.4 is 10.6 Å². The smallest absolute Gasteiger partial charge is 0.191 e. The largest absolute Gasteiger partial charge is 0.379 e. The second-order valence-electron chi connectivity index (χ2n) is 6.10. The van der Waals surface area contributed by atoms with E-state index in [4.69, 9.17) is 4.74 Å². The van der Waals surface area contributed by atoms with Gasteiger partial charge in [0.05, 0.1) is 25.5 Å². The van der Waals surface area contributed by atoms with E-state index in [9.17, 15) is 8.42 Å². The number of aryl methyl sites for hydroxylation is 2. The summed E-state index contributed by atoms with van der Waals surface area (Å²) in [5.74, 6) is 2.69. The van der Waals surface area contributed by atoms with Crippen molar-refractivity contribution in [1.82, 2.24) is 25.4 Å². The predicted molar refractivity (Wildman–Crippen MR) is 112 cm³/mol. The molecule has 2 rings (SSSR count). The maximum Gasteiger partial charge on any atom is 0.191 e. The average molecular weight is 500 g/mol. The first-order valence-electron chi connectivity index (χ1n) is 8.56. The summed E-state index contributed by atoms with van der Waals surface area (Å²) in [7, 11) is -1.25. The lowest BCUT2D eigenvalue weighted by molar-refractivity contribution is 0.154. The van der Waals surface area contributed by atoms with Gasteiger partial charge in [-0.2, -0.15) is 5.10 Å². The lowest BCUT2D eigenvalue weighted by Crippen LogP contribution is -2.47. The van der Waals surface area contributed by atoms with E-state index in [0.717, 1.165) is 37.5 Å². The van der Waals surface area contributed by atoms with Gasteiger partial charge in [0.2, 0.25) is 0 Å². The molecule has 1 atom stereocenters. The Kier molecular flexibility index (Phi) is 9.79. The molecule has 0 saturated heterocycles. The number of fused-ring (bicyclic) bond motifs is 1. The molecular weight excluding hydrogens is 471 g/mol. The predicted octanol–water partition coefficient (Wildman–Crippen LogP) is -0.000500. The summed E-state index contributed by atoms with van der Waals surface area (Å²) in [5.41, 5.74) is 0. The minimum atomic E-state index is -2.97. The molecular formula is C15H29IN6O3S. The Labute approximate surface area is 172 Å². The van der Waals surface area contributed by atoms with Crippen LogP contribution >= 0.6 is 24.0 Å². The van der Waals surface area contributed by atoms with Crippen LogP contribution in [0.25, 0.3) is 0 Å². The molecule has 11 heteroatoms. The number of guanidine groups is 1. The molecule has 1 unspecified atom stereocenters. The van der Waals surface area contributed by atoms with Gasteiger partial charge < -0.3 is 15.4 Å². The van der Waals surface area contributed by atoms with Crippen molar-refractivity contribution in [3.05, 3.63) is 11.6 Å². The number of hydrogen-bond donors (Lipinski definition) is 2. The first kappa shape index (κ1) is 23.1. The molecule has 150 valence electrons. The van der Waals surface area contributed by atoms with E-state index >= 15 is 0 Å². The van der Waals surface area contributed by atoms with Crippen molar-refractivity contribution >= 4 is 39.8 Å². The fourth-order valence-corrected chi connectivity index (χ4v) is 2.99. The van der Waals surface area contributed by atoms with Crippen LogP contribution in [-0.2, 0) is 34.0 Å². The number of nitrogens with one attached hydrogen (secondary N) is 2. The lowest BCUT2D eigenvalue weighted by atomic mass is 10.1. The van der Waals surface area contributed by atoms with E-state index in [1.807, 2.05) is 4.68 Å². The normalized spacial score (nSPS) is 17.3. The zero-order valence-corrected chi connectivity index (χ0v) is 18.7. The quantitative estimate of drug-likeness (QED) is 0.224. The summed E-state index contributed by atoms with van der Waals surface area (Å²) in [6.45, 7) is 4.03. The molecule has 9 nitrogen and oxygen atoms in total. The number of aromatic nitrogens is 3. The van der Waals surface area contributed by atoms with Gasteiger partial charge in [-0.05, 0) is 6.42 Å². The highest BCUT2D eigenvalue weighted by Gasteiger charge is 2.21. The molecule has 0 bridgehead atoms. The number of halogens is 1. The van der Waals surface area contributed by atoms with Crippen LogP contribution in [0.15, 0.2) is 4.99 Å². The number of rotatable bonds is 8. The Balaban J connectivity index is 0.00000338. The Hall–Kier alpha value is -0.950. The summed E-state index contributed by atoms with van der Waals surface area (Å²) in [6, 6.07) is 0.247. The van der Waals surface area contributed by atoms with E-state index < -0.39 is 9.84 Å². The summed E-state index contributed by atoms with van der Waals surface area (Å²) >= 11 is 0. The highest BCUT2D eigenvalue weighted by Crippen LogP contribution is 2.13. The maximum atomic E-state index is 11.0. The number of sulfone groups is 1. The first-order chi connectivity index (χ1) is 11.9. The van der Waals surface area contributed by atoms with E-state index in [-0.39, 0.29) is 42.4 Å². The lowest BCUT2D eigenvalue weighted by Gasteiger charge is -2.25. The third-order valence-electron chi connectivity index (χ3n) is 3.92. The van der Waals surface area contributed by atoms with Gasteiger partial charge in [0, 0.05) is 38.7 Å². The fourth-order valence-electron chi connectivity index (χ4n) is 2.57. The van der Waals surface area contributed by atoms with Gasteiger partial charge in [0.1, 0.15) is 15.7 Å². The van der Waals surface area contributed by atoms with Crippen molar-refractivity contribution in [3.8, 4) is 0 Å². The zero-order valence-electron chi connectivity index (χ0n) is 15.6. The summed E-state index contributed by atoms with van der Waals surface area (Å²) < 4.78 is 29.3. The second kappa shape index (κ2) is 11.0. The number of aliphatic imine (C=N–C) groups is 1. The number of nitrogens with zero attached hydrogens (tertiary/aromatic N) is 4. The van der Waals surface area contributed by atoms with Crippen LogP contribution in [0.3, 0.4) is 0 Å². The molecule has 0 spiro atoms. The van der Waals surface area contributed by atoms with Crippen LogP contribution in [0.2, 0.25) is 0 Å². The zero-order chi connectivity index (χ0) is 18.3. The van der Waals surface area contributed by atoms with Crippen molar-refractivity contribution in [2.45, 2.75) is 38.8 Å². The highest BCUT2D eigenvalue weighted by molar-refractivity contribution is 14.0. The van der Waals surface area contributed by atoms with Gasteiger partial charge in [0.25, 0.3) is 0 Å². The standard InChI is InChI=1S/C15H28N6O3S.HI/c1-4-13-19-14-6-5-12(11-21(14)20-13)18-15(16-2)17-7-8-24-9-10-25(3,22)23;/h12H,4-11H2,1-3H3,(H2,16,17,18);1H. The van der Waals surface area contributed by atoms with Gasteiger partial charge in [-0.15, -0.1) is 24.0 Å². The molecule has 1 aliphatic rings. The summed E-state index contributed by atoms with van der Waals surface area (Å²) in [6.07, 6.45) is 3.93. The van der Waals surface area contributed by atoms with Gasteiger partial charge in [-0.1, -0.05) is 6.92 Å². The Morgan fingerprint density at radius 3 is 2.85 bits per heavy atom. The summed E-state index contributed by atoms with van der Waals surface area (Å²) in [4.78, 5) is 8.73. The molecule has 2 N–H and O–H groups in total. The molecule has 2 heterocycles. The van der Waals surface area contributed by atoms with Crippen molar-refractivity contribution < 1.29 is 13.2 Å². The van der Waals surface area contributed by atoms with Crippen molar-refractivity contribution in [2.75, 3.05) is 38.8 Å². The molecule has 1 aromatic heterocycles. The van der Waals surface area contributed by atoms with E-state index in [0.29, 0.717) is 19.1 Å². The van der Waals surface area contributed by atoms with Crippen LogP contribution in [0.4, 0.5) is 0 Å². The van der Waals surface area contributed by atoms with E-state index in [1.165, 1.54) is 6.26 Å². The molecule has 1 aliphatic heterocycles. The first-order valence-corrected chi connectivity index (χ1v) is 10.6. The van der Waals surface area contributed by atoms with Crippen molar-refractivity contribution in [1.29, 1.82) is 0 Å². The third kappa shape index (κ3) is 7.74. The van der Waals surface area contributed by atoms with Crippen molar-refractivity contribution in [2.24, 2.45) is 4.99 Å². The Morgan fingerprint density at radius 2 is 2.19 bits per heavy atom. The molecule has 26 heavy (non-hydrogen) atoms. The van der Waals surface area contributed by atoms with Gasteiger partial charge in [0.15, 0.2) is 11.8 Å². The second-order valence-corrected chi connectivity index (χ2v) is 8.36. The molecule has 1 aromatic rings. The minimum Gasteiger partial charge on any atom is -0.379 e. The van der Waals surface area contributed by atoms with Gasteiger partial charge in [-0.3, -0.25) is 4.99 Å². The molecule has 0 saturated carbocycles. The number of ether oxygens (including phenoxy) is 1. The minimum absolute atomic E-state index is 0. The topological polar surface area (TPSA) is 110 Å². The molecule has 0 fully saturated rings. The van der Waals surface area contributed by atoms with Crippen LogP contribution in [0.5, 0.6) is 0 Å². The Bertz CT molecular complexity index is 692. The third-order valence-corrected chi connectivity index (χ3v) is 4.83. The monoisotopic (exact) mass is 500 g/mol. The van der Waals surface area contributed by atoms with E-state index in [1.54, 1.807) is 7.05 Å². The Morgan fingerprint density at radius 1 is 1.42 bits per heavy atom. The van der Waals surface area contributed by atoms with Gasteiger partial charge >= 0.3 is 0 Å². The molecule has 0 radical (unpaired) electrons. The van der Waals surface area contributed by atoms with Crippen molar-refractivity contribution in [3.63, 3.8) is 0 Å². The molecule has 0 aromatic carbocycles. The molecule has 0 aliphatic carbocycles. The van der Waals surface area contributed by atoms with Crippen LogP contribution in [-0.4, -0.2) is 74.0 Å². The van der Waals surface area contributed by atoms with Gasteiger partial charge in [-0.25, -0.2) is 18.1 Å². The fraction of sp³-hybridized carbons (Fsp3) is 0.800. The van der Waals surface area contributed by atoms with Crippen LogP contribution in [0.1, 0.15) is 25.0 Å². The average Bonchev–Trinajstić information content (AvgIpc) is 2.98. The SMILES string of the molecule is CCc1nc2n(n1)CC(NC(=NC)NCCOCCS(C)(=O)=O)CC2.I. The number of hydrogen-bond acceptors (Lipinski definition) is 6. The summed E-state index contributed by atoms with van der Waals surface area (Å²) in [5, 5.41) is 11.1. The van der Waals surface area contributed by atoms with Crippen LogP contribution in [0, 0.1) is 0 Å². The van der Waals surface area contributed by atoms with E-state index in [2.05, 4.69) is 32.6 Å². The molecule has 0 amide bonds. The highest BCUT2D eigenvalue weighted by atomic mass is 127.